The Morgan fingerprint density at radius 1 is 1.39 bits per heavy atom. The van der Waals surface area contributed by atoms with Gasteiger partial charge in [0.05, 0.1) is 24.8 Å². The second-order valence-electron chi connectivity index (χ2n) is 7.96. The van der Waals surface area contributed by atoms with E-state index in [1.807, 2.05) is 0 Å². The van der Waals surface area contributed by atoms with Crippen LogP contribution in [-0.4, -0.2) is 49.7 Å². The molecule has 1 unspecified atom stereocenters. The van der Waals surface area contributed by atoms with E-state index in [0.717, 1.165) is 16.0 Å². The Labute approximate surface area is 222 Å². The minimum absolute atomic E-state index is 0.0173. The van der Waals surface area contributed by atoms with Gasteiger partial charge in [-0.05, 0) is 30.3 Å². The van der Waals surface area contributed by atoms with Gasteiger partial charge < -0.3 is 30.4 Å². The van der Waals surface area contributed by atoms with Gasteiger partial charge in [-0.25, -0.2) is 19.0 Å². The molecule has 4 aromatic rings. The number of carbonyl (C=O) groups is 1. The third-order valence-electron chi connectivity index (χ3n) is 5.70. The number of nitrogens with zero attached hydrogens (tertiary/aromatic N) is 3. The van der Waals surface area contributed by atoms with E-state index in [1.54, 1.807) is 24.3 Å². The number of methoxy groups -OCH3 is 1. The summed E-state index contributed by atoms with van der Waals surface area (Å²) in [4.78, 5) is 31.0. The quantitative estimate of drug-likeness (QED) is 0.235. The topological polar surface area (TPSA) is 167 Å². The monoisotopic (exact) mass is 558 g/mol. The number of hydrogen-bond acceptors (Lipinski definition) is 10. The Kier molecular flexibility index (Phi) is 6.79. The molecule has 5 N–H and O–H groups in total. The molecule has 2 aromatic heterocycles. The number of aromatic carboxylic acids is 1. The van der Waals surface area contributed by atoms with Gasteiger partial charge in [-0.1, -0.05) is 12.2 Å². The van der Waals surface area contributed by atoms with Crippen molar-refractivity contribution in [2.45, 2.75) is 12.6 Å². The lowest BCUT2D eigenvalue weighted by molar-refractivity contribution is -0.0200. The van der Waals surface area contributed by atoms with E-state index in [-0.39, 0.29) is 57.5 Å². The van der Waals surface area contributed by atoms with Crippen LogP contribution in [0.25, 0.3) is 5.82 Å². The van der Waals surface area contributed by atoms with Gasteiger partial charge in [-0.15, -0.1) is 16.4 Å². The van der Waals surface area contributed by atoms with Gasteiger partial charge >= 0.3 is 11.7 Å². The van der Waals surface area contributed by atoms with Gasteiger partial charge in [0.15, 0.2) is 34.8 Å². The molecule has 38 heavy (non-hydrogen) atoms. The summed E-state index contributed by atoms with van der Waals surface area (Å²) in [5, 5.41) is 16.9. The van der Waals surface area contributed by atoms with Crippen molar-refractivity contribution in [3.05, 3.63) is 79.5 Å². The maximum absolute atomic E-state index is 15.9. The van der Waals surface area contributed by atoms with Crippen molar-refractivity contribution >= 4 is 40.2 Å². The van der Waals surface area contributed by atoms with E-state index in [0.29, 0.717) is 11.3 Å². The molecule has 0 fully saturated rings. The molecule has 15 heteroatoms. The van der Waals surface area contributed by atoms with Crippen molar-refractivity contribution in [1.82, 2.24) is 19.7 Å². The SMILES string of the molecule is COc1cc(C(Nc2ccc(C(N)=S)cc2)c2nn(-c3ncsc3C(=O)O)c(=O)[nH]2)c(F)c2c1OCOC2. The number of thiazole rings is 1. The van der Waals surface area contributed by atoms with Crippen molar-refractivity contribution in [1.29, 1.82) is 0 Å². The molecule has 0 aliphatic carbocycles. The van der Waals surface area contributed by atoms with Crippen molar-refractivity contribution in [2.24, 2.45) is 5.73 Å². The Balaban J connectivity index is 1.66. The number of nitrogens with two attached hydrogens (primary N) is 1. The highest BCUT2D eigenvalue weighted by molar-refractivity contribution is 7.80. The van der Waals surface area contributed by atoms with Crippen LogP contribution in [0.15, 0.2) is 40.6 Å². The zero-order valence-corrected chi connectivity index (χ0v) is 21.2. The van der Waals surface area contributed by atoms with Gasteiger partial charge in [0.2, 0.25) is 0 Å². The first kappa shape index (κ1) is 25.3. The van der Waals surface area contributed by atoms with Crippen molar-refractivity contribution in [3.8, 4) is 17.3 Å². The zero-order chi connectivity index (χ0) is 27.0. The van der Waals surface area contributed by atoms with E-state index in [2.05, 4.69) is 20.4 Å². The summed E-state index contributed by atoms with van der Waals surface area (Å²) in [5.41, 5.74) is 7.55. The number of aromatic nitrogens is 4. The van der Waals surface area contributed by atoms with Crippen molar-refractivity contribution in [2.75, 3.05) is 19.2 Å². The number of carboxylic acids is 1. The molecule has 1 aliphatic heterocycles. The fourth-order valence-corrected chi connectivity index (χ4v) is 4.67. The molecule has 0 radical (unpaired) electrons. The first-order valence-electron chi connectivity index (χ1n) is 10.9. The molecule has 5 rings (SSSR count). The summed E-state index contributed by atoms with van der Waals surface area (Å²) in [6.45, 7) is -0.122. The number of H-pyrrole nitrogens is 1. The minimum atomic E-state index is -1.27. The predicted molar refractivity (Wildman–Crippen MR) is 138 cm³/mol. The number of benzene rings is 2. The van der Waals surface area contributed by atoms with Crippen LogP contribution in [0, 0.1) is 5.82 Å². The van der Waals surface area contributed by atoms with Gasteiger partial charge in [-0.3, -0.25) is 4.98 Å². The van der Waals surface area contributed by atoms with Crippen LogP contribution in [0.5, 0.6) is 11.5 Å². The highest BCUT2D eigenvalue weighted by Gasteiger charge is 2.31. The third kappa shape index (κ3) is 4.57. The van der Waals surface area contributed by atoms with Crippen LogP contribution in [0.1, 0.15) is 38.2 Å². The zero-order valence-electron chi connectivity index (χ0n) is 19.6. The lowest BCUT2D eigenvalue weighted by Crippen LogP contribution is -2.20. The summed E-state index contributed by atoms with van der Waals surface area (Å²) >= 11 is 5.84. The number of nitrogens with one attached hydrogen (secondary N) is 2. The number of rotatable bonds is 8. The summed E-state index contributed by atoms with van der Waals surface area (Å²) in [7, 11) is 1.42. The Morgan fingerprint density at radius 3 is 2.84 bits per heavy atom. The molecule has 0 saturated carbocycles. The minimum Gasteiger partial charge on any atom is -0.493 e. The normalized spacial score (nSPS) is 13.3. The number of hydrogen-bond donors (Lipinski definition) is 4. The van der Waals surface area contributed by atoms with E-state index < -0.39 is 23.5 Å². The Morgan fingerprint density at radius 2 is 2.16 bits per heavy atom. The van der Waals surface area contributed by atoms with Crippen molar-refractivity contribution < 1.29 is 28.5 Å². The highest BCUT2D eigenvalue weighted by Crippen LogP contribution is 2.41. The average molecular weight is 559 g/mol. The molecule has 0 spiro atoms. The second kappa shape index (κ2) is 10.2. The molecule has 3 heterocycles. The van der Waals surface area contributed by atoms with Gasteiger partial charge in [0.1, 0.15) is 16.8 Å². The second-order valence-corrected chi connectivity index (χ2v) is 9.25. The number of halogens is 1. The number of carboxylic acid groups (broad SMARTS) is 1. The van der Waals surface area contributed by atoms with Crippen LogP contribution < -0.4 is 26.2 Å². The number of aromatic amines is 1. The summed E-state index contributed by atoms with van der Waals surface area (Å²) in [6, 6.07) is 7.08. The third-order valence-corrected chi connectivity index (χ3v) is 6.74. The maximum atomic E-state index is 15.9. The van der Waals surface area contributed by atoms with E-state index in [4.69, 9.17) is 32.2 Å². The molecule has 0 saturated heterocycles. The molecule has 196 valence electrons. The van der Waals surface area contributed by atoms with E-state index in [1.165, 1.54) is 18.7 Å². The molecule has 2 aromatic carbocycles. The fraction of sp³-hybridized carbons (Fsp3) is 0.174. The molecule has 0 amide bonds. The lowest BCUT2D eigenvalue weighted by atomic mass is 9.99. The molecule has 1 aliphatic rings. The molecule has 1 atom stereocenters. The largest absolute Gasteiger partial charge is 0.493 e. The first-order valence-corrected chi connectivity index (χ1v) is 12.2. The van der Waals surface area contributed by atoms with Gasteiger partial charge in [0.25, 0.3) is 0 Å². The summed E-state index contributed by atoms with van der Waals surface area (Å²) in [6.07, 6.45) is 0. The highest BCUT2D eigenvalue weighted by atomic mass is 32.1. The predicted octanol–water partition coefficient (Wildman–Crippen LogP) is 2.57. The fourth-order valence-electron chi connectivity index (χ4n) is 3.93. The maximum Gasteiger partial charge on any atom is 0.349 e. The van der Waals surface area contributed by atoms with Crippen molar-refractivity contribution in [3.63, 3.8) is 0 Å². The Bertz CT molecular complexity index is 1600. The van der Waals surface area contributed by atoms with E-state index in [9.17, 15) is 14.7 Å². The number of thiocarbonyl (C=S) groups is 1. The lowest BCUT2D eigenvalue weighted by Gasteiger charge is -2.25. The summed E-state index contributed by atoms with van der Waals surface area (Å²) < 4.78 is 32.9. The van der Waals surface area contributed by atoms with E-state index >= 15 is 4.39 Å². The number of fused-ring (bicyclic) bond motifs is 1. The number of ether oxygens (including phenoxy) is 3. The smallest absolute Gasteiger partial charge is 0.349 e. The van der Waals surface area contributed by atoms with Crippen LogP contribution >= 0.6 is 23.6 Å². The first-order chi connectivity index (χ1) is 18.3. The van der Waals surface area contributed by atoms with Crippen LogP contribution in [0.4, 0.5) is 10.1 Å². The van der Waals surface area contributed by atoms with Gasteiger partial charge in [-0.2, -0.15) is 4.68 Å². The average Bonchev–Trinajstić information content (AvgIpc) is 3.55. The molecular formula is C23H19FN6O6S2. The number of anilines is 1. The van der Waals surface area contributed by atoms with Gasteiger partial charge in [0, 0.05) is 16.8 Å². The van der Waals surface area contributed by atoms with Crippen LogP contribution in [0.2, 0.25) is 0 Å². The standard InChI is InChI=1S/C23H19FN6O6S2/c1-34-14-6-12(15(24)13-7-35-9-36-17(13)14)16(27-11-4-2-10(3-5-11)19(25)37)20-28-23(33)30(29-20)21-18(22(31)32)38-8-26-21/h2-6,8,16,27H,7,9H2,1H3,(H2,25,37)(H,31,32)(H,28,29,33). The van der Waals surface area contributed by atoms with Crippen LogP contribution in [0.3, 0.4) is 0 Å². The molecular weight excluding hydrogens is 539 g/mol. The molecule has 0 bridgehead atoms. The van der Waals surface area contributed by atoms with Crippen LogP contribution in [-0.2, 0) is 11.3 Å². The summed E-state index contributed by atoms with van der Waals surface area (Å²) in [5.74, 6) is -1.64. The Hall–Kier alpha value is -4.34. The molecule has 12 nitrogen and oxygen atoms in total.